The van der Waals surface area contributed by atoms with Gasteiger partial charge in [-0.25, -0.2) is 0 Å². The van der Waals surface area contributed by atoms with Gasteiger partial charge in [-0.05, 0) is 39.0 Å². The Balaban J connectivity index is 2.63. The summed E-state index contributed by atoms with van der Waals surface area (Å²) in [5.74, 6) is 0.728. The van der Waals surface area contributed by atoms with Crippen molar-refractivity contribution in [1.82, 2.24) is 0 Å². The van der Waals surface area contributed by atoms with Crippen molar-refractivity contribution in [3.63, 3.8) is 0 Å². The molecule has 0 aromatic rings. The van der Waals surface area contributed by atoms with E-state index in [-0.39, 0.29) is 0 Å². The molecule has 1 atom stereocenters. The Hall–Kier alpha value is -0.780. The molecule has 1 aliphatic carbocycles. The molecule has 0 amide bonds. The number of allylic oxidation sites excluding steroid dienone is 6. The topological polar surface area (TPSA) is 0 Å². The van der Waals surface area contributed by atoms with Crippen molar-refractivity contribution in [1.29, 1.82) is 0 Å². The van der Waals surface area contributed by atoms with Crippen LogP contribution >= 0.6 is 0 Å². The first kappa shape index (κ1) is 9.31. The van der Waals surface area contributed by atoms with Crippen LogP contribution in [0.4, 0.5) is 0 Å². The van der Waals surface area contributed by atoms with E-state index in [0.29, 0.717) is 0 Å². The van der Waals surface area contributed by atoms with Crippen LogP contribution in [0.3, 0.4) is 0 Å². The van der Waals surface area contributed by atoms with Gasteiger partial charge in [0.05, 0.1) is 0 Å². The van der Waals surface area contributed by atoms with Crippen LogP contribution in [0.2, 0.25) is 0 Å². The second kappa shape index (κ2) is 4.97. The van der Waals surface area contributed by atoms with Gasteiger partial charge in [0.25, 0.3) is 0 Å². The summed E-state index contributed by atoms with van der Waals surface area (Å²) in [6.45, 7) is 4.17. The van der Waals surface area contributed by atoms with Crippen LogP contribution in [-0.4, -0.2) is 0 Å². The van der Waals surface area contributed by atoms with Gasteiger partial charge in [-0.3, -0.25) is 0 Å². The third-order valence-corrected chi connectivity index (χ3v) is 2.38. The smallest absolute Gasteiger partial charge is 0.00202 e. The van der Waals surface area contributed by atoms with Crippen LogP contribution < -0.4 is 0 Å². The van der Waals surface area contributed by atoms with E-state index in [1.807, 2.05) is 0 Å². The van der Waals surface area contributed by atoms with Gasteiger partial charge in [0.15, 0.2) is 0 Å². The van der Waals surface area contributed by atoms with Crippen molar-refractivity contribution in [2.75, 3.05) is 0 Å². The van der Waals surface area contributed by atoms with E-state index < -0.39 is 0 Å². The lowest BCUT2D eigenvalue weighted by atomic mass is 10.0. The van der Waals surface area contributed by atoms with Crippen LogP contribution in [0.1, 0.15) is 33.1 Å². The van der Waals surface area contributed by atoms with E-state index in [1.54, 1.807) is 5.57 Å². The second-order valence-electron chi connectivity index (χ2n) is 3.29. The summed E-state index contributed by atoms with van der Waals surface area (Å²) in [5.41, 5.74) is 1.60. The first-order chi connectivity index (χ1) is 5.88. The Bertz CT molecular complexity index is 206. The summed E-state index contributed by atoms with van der Waals surface area (Å²) < 4.78 is 0. The lowest BCUT2D eigenvalue weighted by Gasteiger charge is -2.03. The third-order valence-electron chi connectivity index (χ3n) is 2.38. The summed E-state index contributed by atoms with van der Waals surface area (Å²) in [7, 11) is 0. The zero-order valence-corrected chi connectivity index (χ0v) is 8.09. The predicted molar refractivity (Wildman–Crippen MR) is 55.1 cm³/mol. The minimum absolute atomic E-state index is 0.728. The lowest BCUT2D eigenvalue weighted by Crippen LogP contribution is -1.89. The summed E-state index contributed by atoms with van der Waals surface area (Å²) in [6, 6.07) is 0. The van der Waals surface area contributed by atoms with Gasteiger partial charge >= 0.3 is 0 Å². The SMILES string of the molecule is CC=CC=C1CCCC1C=CC. The highest BCUT2D eigenvalue weighted by Crippen LogP contribution is 2.31. The molecule has 0 radical (unpaired) electrons. The Morgan fingerprint density at radius 3 is 2.75 bits per heavy atom. The molecule has 1 unspecified atom stereocenters. The lowest BCUT2D eigenvalue weighted by molar-refractivity contribution is 0.764. The van der Waals surface area contributed by atoms with Gasteiger partial charge < -0.3 is 0 Å². The molecule has 0 aromatic heterocycles. The molecule has 0 nitrogen and oxygen atoms in total. The normalized spacial score (nSPS) is 28.2. The van der Waals surface area contributed by atoms with Gasteiger partial charge in [0.1, 0.15) is 0 Å². The molecule has 0 spiro atoms. The molecular weight excluding hydrogens is 144 g/mol. The average molecular weight is 162 g/mol. The molecule has 0 N–H and O–H groups in total. The maximum Gasteiger partial charge on any atom is -0.00202 e. The summed E-state index contributed by atoms with van der Waals surface area (Å²) in [6.07, 6.45) is 15.0. The number of rotatable bonds is 2. The fraction of sp³-hybridized carbons (Fsp3) is 0.500. The minimum atomic E-state index is 0.728. The highest BCUT2D eigenvalue weighted by atomic mass is 14.2. The van der Waals surface area contributed by atoms with Crippen molar-refractivity contribution in [2.45, 2.75) is 33.1 Å². The molecule has 0 heteroatoms. The van der Waals surface area contributed by atoms with Crippen molar-refractivity contribution in [3.05, 3.63) is 36.0 Å². The standard InChI is InChI=1S/C12H18/c1-3-5-8-12-10-6-9-11(12)7-4-2/h3-5,7-8,11H,6,9-10H2,1-2H3. The molecule has 0 saturated heterocycles. The summed E-state index contributed by atoms with van der Waals surface area (Å²) in [4.78, 5) is 0. The molecule has 1 saturated carbocycles. The Morgan fingerprint density at radius 1 is 1.25 bits per heavy atom. The van der Waals surface area contributed by atoms with Crippen molar-refractivity contribution < 1.29 is 0 Å². The van der Waals surface area contributed by atoms with Crippen LogP contribution in [0, 0.1) is 5.92 Å². The Labute approximate surface area is 75.7 Å². The maximum absolute atomic E-state index is 2.32. The van der Waals surface area contributed by atoms with E-state index in [1.165, 1.54) is 19.3 Å². The van der Waals surface area contributed by atoms with Crippen molar-refractivity contribution in [3.8, 4) is 0 Å². The molecule has 66 valence electrons. The zero-order valence-electron chi connectivity index (χ0n) is 8.09. The molecule has 0 aromatic carbocycles. The van der Waals surface area contributed by atoms with Gasteiger partial charge in [-0.1, -0.05) is 36.0 Å². The van der Waals surface area contributed by atoms with Crippen molar-refractivity contribution >= 4 is 0 Å². The largest absolute Gasteiger partial charge is 0.0911 e. The molecule has 1 aliphatic rings. The van der Waals surface area contributed by atoms with Crippen LogP contribution in [0.15, 0.2) is 36.0 Å². The van der Waals surface area contributed by atoms with E-state index in [9.17, 15) is 0 Å². The van der Waals surface area contributed by atoms with E-state index >= 15 is 0 Å². The zero-order chi connectivity index (χ0) is 8.81. The third kappa shape index (κ3) is 2.37. The molecule has 1 fully saturated rings. The second-order valence-corrected chi connectivity index (χ2v) is 3.29. The number of hydrogen-bond donors (Lipinski definition) is 0. The molecule has 0 heterocycles. The van der Waals surface area contributed by atoms with Gasteiger partial charge in [-0.2, -0.15) is 0 Å². The first-order valence-corrected chi connectivity index (χ1v) is 4.83. The molecule has 1 rings (SSSR count). The summed E-state index contributed by atoms with van der Waals surface area (Å²) in [5, 5.41) is 0. The van der Waals surface area contributed by atoms with Gasteiger partial charge in [0.2, 0.25) is 0 Å². The highest BCUT2D eigenvalue weighted by molar-refractivity contribution is 5.22. The van der Waals surface area contributed by atoms with Crippen LogP contribution in [-0.2, 0) is 0 Å². The monoisotopic (exact) mass is 162 g/mol. The molecular formula is C12H18. The van der Waals surface area contributed by atoms with Gasteiger partial charge in [0, 0.05) is 0 Å². The van der Waals surface area contributed by atoms with Crippen molar-refractivity contribution in [2.24, 2.45) is 5.92 Å². The predicted octanol–water partition coefficient (Wildman–Crippen LogP) is 3.87. The highest BCUT2D eigenvalue weighted by Gasteiger charge is 2.16. The quantitative estimate of drug-likeness (QED) is 0.541. The van der Waals surface area contributed by atoms with E-state index in [4.69, 9.17) is 0 Å². The maximum atomic E-state index is 2.32. The minimum Gasteiger partial charge on any atom is -0.0911 e. The van der Waals surface area contributed by atoms with Crippen LogP contribution in [0.5, 0.6) is 0 Å². The molecule has 0 aliphatic heterocycles. The van der Waals surface area contributed by atoms with Gasteiger partial charge in [-0.15, -0.1) is 0 Å². The number of hydrogen-bond acceptors (Lipinski definition) is 0. The molecule has 12 heavy (non-hydrogen) atoms. The summed E-state index contributed by atoms with van der Waals surface area (Å²) >= 11 is 0. The van der Waals surface area contributed by atoms with Crippen LogP contribution in [0.25, 0.3) is 0 Å². The Kier molecular flexibility index (Phi) is 3.86. The Morgan fingerprint density at radius 2 is 2.08 bits per heavy atom. The fourth-order valence-corrected chi connectivity index (χ4v) is 1.78. The van der Waals surface area contributed by atoms with E-state index in [2.05, 4.69) is 44.2 Å². The van der Waals surface area contributed by atoms with E-state index in [0.717, 1.165) is 5.92 Å². The average Bonchev–Trinajstić information content (AvgIpc) is 2.50. The molecule has 0 bridgehead atoms. The fourth-order valence-electron chi connectivity index (χ4n) is 1.78. The first-order valence-electron chi connectivity index (χ1n) is 4.83.